The van der Waals surface area contributed by atoms with Gasteiger partial charge in [0, 0.05) is 26.1 Å². The Morgan fingerprint density at radius 3 is 2.58 bits per heavy atom. The van der Waals surface area contributed by atoms with Crippen molar-refractivity contribution in [3.05, 3.63) is 0 Å². The number of hydrogen-bond acceptors (Lipinski definition) is 4. The van der Waals surface area contributed by atoms with E-state index in [0.717, 1.165) is 0 Å². The van der Waals surface area contributed by atoms with Gasteiger partial charge in [0.25, 0.3) is 0 Å². The van der Waals surface area contributed by atoms with Crippen molar-refractivity contribution >= 4 is 17.9 Å². The maximum Gasteiger partial charge on any atom is 0.328 e. The summed E-state index contributed by atoms with van der Waals surface area (Å²) in [4.78, 5) is 35.2. The van der Waals surface area contributed by atoms with E-state index in [2.05, 4.69) is 10.6 Å². The molecule has 3 atom stereocenters. The number of amides is 3. The molecule has 0 aromatic heterocycles. The number of carbonyl (C=O) groups is 3. The Labute approximate surface area is 110 Å². The molecule has 1 heterocycles. The number of nitrogens with zero attached hydrogens (tertiary/aromatic N) is 1. The monoisotopic (exact) mass is 273 g/mol. The number of urea groups is 1. The van der Waals surface area contributed by atoms with Gasteiger partial charge in [-0.1, -0.05) is 0 Å². The van der Waals surface area contributed by atoms with Gasteiger partial charge in [-0.15, -0.1) is 0 Å². The summed E-state index contributed by atoms with van der Waals surface area (Å²) in [7, 11) is 1.64. The molecule has 1 fully saturated rings. The summed E-state index contributed by atoms with van der Waals surface area (Å²) in [6.45, 7) is 1.67. The lowest BCUT2D eigenvalue weighted by atomic mass is 10.1. The molecule has 0 radical (unpaired) electrons. The minimum atomic E-state index is -1.36. The number of piperidine rings is 1. The zero-order valence-electron chi connectivity index (χ0n) is 10.9. The third-order valence-corrected chi connectivity index (χ3v) is 3.00. The molecule has 0 aliphatic carbocycles. The third-order valence-electron chi connectivity index (χ3n) is 3.00. The molecule has 1 aliphatic rings. The number of hydrogen-bond donors (Lipinski definition) is 4. The molecule has 1 aliphatic heterocycles. The first-order valence-electron chi connectivity index (χ1n) is 6.03. The average molecular weight is 273 g/mol. The van der Waals surface area contributed by atoms with E-state index in [1.807, 2.05) is 0 Å². The minimum absolute atomic E-state index is 0.0193. The smallest absolute Gasteiger partial charge is 0.328 e. The molecule has 1 rings (SSSR count). The molecule has 4 N–H and O–H groups in total. The average Bonchev–Trinajstić information content (AvgIpc) is 2.30. The van der Waals surface area contributed by atoms with Gasteiger partial charge in [0.15, 0.2) is 6.04 Å². The first-order chi connectivity index (χ1) is 8.81. The van der Waals surface area contributed by atoms with E-state index in [-0.39, 0.29) is 11.9 Å². The van der Waals surface area contributed by atoms with E-state index in [1.54, 1.807) is 7.05 Å². The molecule has 0 bridgehead atoms. The highest BCUT2D eigenvalue weighted by molar-refractivity contribution is 5.83. The first-order valence-corrected chi connectivity index (χ1v) is 6.03. The predicted molar refractivity (Wildman–Crippen MR) is 65.4 cm³/mol. The Hall–Kier alpha value is -1.83. The number of likely N-dealkylation sites (tertiary alicyclic amines) is 1. The van der Waals surface area contributed by atoms with Gasteiger partial charge < -0.3 is 25.7 Å². The number of aliphatic carboxylic acids is 1. The lowest BCUT2D eigenvalue weighted by Gasteiger charge is -2.30. The molecule has 0 spiro atoms. The van der Waals surface area contributed by atoms with Crippen molar-refractivity contribution in [2.45, 2.75) is 38.0 Å². The van der Waals surface area contributed by atoms with Gasteiger partial charge in [0.1, 0.15) is 0 Å². The summed E-state index contributed by atoms with van der Waals surface area (Å²) < 4.78 is 0. The summed E-state index contributed by atoms with van der Waals surface area (Å²) in [5.41, 5.74) is 0. The van der Waals surface area contributed by atoms with Crippen molar-refractivity contribution in [2.75, 3.05) is 13.6 Å². The lowest BCUT2D eigenvalue weighted by molar-refractivity contribution is -0.141. The Kier molecular flexibility index (Phi) is 5.11. The number of nitrogens with one attached hydrogen (secondary N) is 2. The van der Waals surface area contributed by atoms with Crippen molar-refractivity contribution in [3.63, 3.8) is 0 Å². The molecule has 1 saturated heterocycles. The van der Waals surface area contributed by atoms with Crippen molar-refractivity contribution < 1.29 is 24.6 Å². The number of aliphatic hydroxyl groups excluding tert-OH is 1. The Balaban J connectivity index is 2.47. The second-order valence-electron chi connectivity index (χ2n) is 4.68. The van der Waals surface area contributed by atoms with Gasteiger partial charge in [0.2, 0.25) is 5.91 Å². The summed E-state index contributed by atoms with van der Waals surface area (Å²) in [5.74, 6) is -1.29. The van der Waals surface area contributed by atoms with E-state index in [0.29, 0.717) is 19.4 Å². The van der Waals surface area contributed by atoms with Gasteiger partial charge in [-0.2, -0.15) is 0 Å². The van der Waals surface area contributed by atoms with E-state index < -0.39 is 24.1 Å². The molecule has 0 saturated carbocycles. The first kappa shape index (κ1) is 15.2. The fraction of sp³-hybridized carbons (Fsp3) is 0.727. The predicted octanol–water partition coefficient (Wildman–Crippen LogP) is -1.26. The van der Waals surface area contributed by atoms with Crippen molar-refractivity contribution in [2.24, 2.45) is 0 Å². The highest BCUT2D eigenvalue weighted by Gasteiger charge is 2.28. The van der Waals surface area contributed by atoms with E-state index in [9.17, 15) is 19.5 Å². The van der Waals surface area contributed by atoms with Crippen molar-refractivity contribution in [3.8, 4) is 0 Å². The summed E-state index contributed by atoms with van der Waals surface area (Å²) in [6.07, 6.45) is -0.331. The minimum Gasteiger partial charge on any atom is -0.480 e. The summed E-state index contributed by atoms with van der Waals surface area (Å²) in [6, 6.07) is -2.24. The van der Waals surface area contributed by atoms with Crippen LogP contribution >= 0.6 is 0 Å². The van der Waals surface area contributed by atoms with E-state index >= 15 is 0 Å². The number of rotatable bonds is 4. The Bertz CT molecular complexity index is 371. The quantitative estimate of drug-likeness (QED) is 0.510. The van der Waals surface area contributed by atoms with Crippen LogP contribution in [0.25, 0.3) is 0 Å². The molecule has 108 valence electrons. The topological polar surface area (TPSA) is 119 Å². The van der Waals surface area contributed by atoms with Crippen LogP contribution in [0.3, 0.4) is 0 Å². The fourth-order valence-corrected chi connectivity index (χ4v) is 1.89. The standard InChI is InChI=1S/C11H19N3O5/c1-6(15)9(10(17)18)13-11(19)12-7-3-4-8(16)14(2)5-7/h6-7,9,15H,3-5H2,1-2H3,(H,17,18)(H2,12,13,19)/t6-,7?,9+/m1/s1. The van der Waals surface area contributed by atoms with Gasteiger partial charge in [-0.25, -0.2) is 9.59 Å². The van der Waals surface area contributed by atoms with Gasteiger partial charge in [-0.3, -0.25) is 4.79 Å². The van der Waals surface area contributed by atoms with Crippen LogP contribution in [-0.4, -0.2) is 64.8 Å². The van der Waals surface area contributed by atoms with Crippen LogP contribution in [0, 0.1) is 0 Å². The van der Waals surface area contributed by atoms with Crippen LogP contribution in [0.5, 0.6) is 0 Å². The largest absolute Gasteiger partial charge is 0.480 e. The van der Waals surface area contributed by atoms with Crippen LogP contribution in [0.4, 0.5) is 4.79 Å². The molecule has 8 nitrogen and oxygen atoms in total. The van der Waals surface area contributed by atoms with Gasteiger partial charge in [0.05, 0.1) is 6.10 Å². The van der Waals surface area contributed by atoms with Crippen LogP contribution in [0.2, 0.25) is 0 Å². The normalized spacial score (nSPS) is 22.6. The maximum atomic E-state index is 11.6. The molecule has 19 heavy (non-hydrogen) atoms. The Morgan fingerprint density at radius 2 is 2.11 bits per heavy atom. The highest BCUT2D eigenvalue weighted by atomic mass is 16.4. The molecular formula is C11H19N3O5. The van der Waals surface area contributed by atoms with Crippen molar-refractivity contribution in [1.82, 2.24) is 15.5 Å². The number of aliphatic hydroxyl groups is 1. The van der Waals surface area contributed by atoms with Gasteiger partial charge in [-0.05, 0) is 13.3 Å². The second kappa shape index (κ2) is 6.37. The summed E-state index contributed by atoms with van der Waals surface area (Å²) >= 11 is 0. The summed E-state index contributed by atoms with van der Waals surface area (Å²) in [5, 5.41) is 22.8. The van der Waals surface area contributed by atoms with E-state index in [1.165, 1.54) is 11.8 Å². The lowest BCUT2D eigenvalue weighted by Crippen LogP contribution is -2.56. The molecular weight excluding hydrogens is 254 g/mol. The molecule has 1 unspecified atom stereocenters. The number of carbonyl (C=O) groups excluding carboxylic acids is 2. The van der Waals surface area contributed by atoms with Crippen LogP contribution < -0.4 is 10.6 Å². The third kappa shape index (κ3) is 4.40. The zero-order chi connectivity index (χ0) is 14.6. The van der Waals surface area contributed by atoms with Crippen molar-refractivity contribution in [1.29, 1.82) is 0 Å². The zero-order valence-corrected chi connectivity index (χ0v) is 10.9. The van der Waals surface area contributed by atoms with Gasteiger partial charge >= 0.3 is 12.0 Å². The van der Waals surface area contributed by atoms with Crippen LogP contribution in [0.1, 0.15) is 19.8 Å². The van der Waals surface area contributed by atoms with Crippen LogP contribution in [0.15, 0.2) is 0 Å². The van der Waals surface area contributed by atoms with Crippen LogP contribution in [-0.2, 0) is 9.59 Å². The SMILES string of the molecule is C[C@@H](O)[C@H](NC(=O)NC1CCC(=O)N(C)C1)C(=O)O. The number of likely N-dealkylation sites (N-methyl/N-ethyl adjacent to an activating group) is 1. The molecule has 0 aromatic carbocycles. The second-order valence-corrected chi connectivity index (χ2v) is 4.68. The van der Waals surface area contributed by atoms with E-state index in [4.69, 9.17) is 5.11 Å². The highest BCUT2D eigenvalue weighted by Crippen LogP contribution is 2.09. The number of carboxylic acid groups (broad SMARTS) is 1. The molecule has 8 heteroatoms. The Morgan fingerprint density at radius 1 is 1.47 bits per heavy atom. The maximum absolute atomic E-state index is 11.6. The number of carboxylic acids is 1. The fourth-order valence-electron chi connectivity index (χ4n) is 1.89. The molecule has 0 aromatic rings. The molecule has 3 amide bonds.